The van der Waals surface area contributed by atoms with E-state index in [0.29, 0.717) is 5.56 Å². The number of halogens is 4. The van der Waals surface area contributed by atoms with Crippen LogP contribution in [0.5, 0.6) is 5.75 Å². The highest BCUT2D eigenvalue weighted by Crippen LogP contribution is 2.26. The second-order valence-electron chi connectivity index (χ2n) is 3.84. The summed E-state index contributed by atoms with van der Waals surface area (Å²) in [5.74, 6) is -0.760. The van der Waals surface area contributed by atoms with Crippen LogP contribution in [0.15, 0.2) is 18.2 Å². The Morgan fingerprint density at radius 1 is 1.39 bits per heavy atom. The molecule has 1 aromatic rings. The predicted octanol–water partition coefficient (Wildman–Crippen LogP) is 2.15. The van der Waals surface area contributed by atoms with Gasteiger partial charge in [0.25, 0.3) is 0 Å². The molecule has 0 aliphatic carbocycles. The van der Waals surface area contributed by atoms with Gasteiger partial charge in [-0.1, -0.05) is 6.07 Å². The van der Waals surface area contributed by atoms with E-state index in [0.717, 1.165) is 12.1 Å². The molecule has 0 bridgehead atoms. The van der Waals surface area contributed by atoms with Crippen molar-refractivity contribution in [2.45, 2.75) is 25.2 Å². The third kappa shape index (κ3) is 3.85. The van der Waals surface area contributed by atoms with Crippen LogP contribution in [0.2, 0.25) is 0 Å². The van der Waals surface area contributed by atoms with Crippen molar-refractivity contribution in [3.63, 3.8) is 0 Å². The summed E-state index contributed by atoms with van der Waals surface area (Å²) in [4.78, 5) is 0. The SMILES string of the molecule is C[C@@H](N)c1ccc(F)cc1OCC(O)C(F)(F)F. The van der Waals surface area contributed by atoms with Crippen LogP contribution in [0.1, 0.15) is 18.5 Å². The van der Waals surface area contributed by atoms with Crippen LogP contribution < -0.4 is 10.5 Å². The molecule has 1 aromatic carbocycles. The normalized spacial score (nSPS) is 15.3. The Morgan fingerprint density at radius 2 is 2.00 bits per heavy atom. The Hall–Kier alpha value is -1.34. The fourth-order valence-electron chi connectivity index (χ4n) is 1.27. The van der Waals surface area contributed by atoms with Crippen LogP contribution in [0.4, 0.5) is 17.6 Å². The van der Waals surface area contributed by atoms with Gasteiger partial charge in [0.15, 0.2) is 6.10 Å². The zero-order valence-electron chi connectivity index (χ0n) is 9.54. The first-order valence-corrected chi connectivity index (χ1v) is 5.14. The molecule has 3 N–H and O–H groups in total. The highest BCUT2D eigenvalue weighted by molar-refractivity contribution is 5.36. The first-order valence-electron chi connectivity index (χ1n) is 5.14. The van der Waals surface area contributed by atoms with E-state index < -0.39 is 30.7 Å². The van der Waals surface area contributed by atoms with Crippen molar-refractivity contribution in [2.24, 2.45) is 5.73 Å². The number of nitrogens with two attached hydrogens (primary N) is 1. The van der Waals surface area contributed by atoms with E-state index in [1.807, 2.05) is 0 Å². The van der Waals surface area contributed by atoms with Gasteiger partial charge in [-0.15, -0.1) is 0 Å². The van der Waals surface area contributed by atoms with Crippen molar-refractivity contribution in [1.82, 2.24) is 0 Å². The maximum atomic E-state index is 13.0. The Bertz CT molecular complexity index is 407. The van der Waals surface area contributed by atoms with Gasteiger partial charge < -0.3 is 15.6 Å². The maximum Gasteiger partial charge on any atom is 0.417 e. The molecule has 0 aromatic heterocycles. The fraction of sp³-hybridized carbons (Fsp3) is 0.455. The zero-order chi connectivity index (χ0) is 13.9. The topological polar surface area (TPSA) is 55.5 Å². The van der Waals surface area contributed by atoms with Gasteiger partial charge in [-0.2, -0.15) is 13.2 Å². The molecule has 0 fully saturated rings. The van der Waals surface area contributed by atoms with Crippen molar-refractivity contribution in [2.75, 3.05) is 6.61 Å². The molecule has 2 atom stereocenters. The lowest BCUT2D eigenvalue weighted by Crippen LogP contribution is -2.34. The van der Waals surface area contributed by atoms with Crippen LogP contribution >= 0.6 is 0 Å². The largest absolute Gasteiger partial charge is 0.490 e. The average molecular weight is 267 g/mol. The molecule has 0 saturated heterocycles. The summed E-state index contributed by atoms with van der Waals surface area (Å²) in [6, 6.07) is 2.87. The molecule has 0 spiro atoms. The van der Waals surface area contributed by atoms with Crippen LogP contribution in [0.25, 0.3) is 0 Å². The van der Waals surface area contributed by atoms with Crippen molar-refractivity contribution in [3.8, 4) is 5.75 Å². The van der Waals surface area contributed by atoms with Crippen molar-refractivity contribution < 1.29 is 27.4 Å². The van der Waals surface area contributed by atoms with Gasteiger partial charge in [0.1, 0.15) is 18.2 Å². The number of hydrogen-bond acceptors (Lipinski definition) is 3. The minimum absolute atomic E-state index is 0.103. The lowest BCUT2D eigenvalue weighted by molar-refractivity contribution is -0.210. The third-order valence-corrected chi connectivity index (χ3v) is 2.24. The summed E-state index contributed by atoms with van der Waals surface area (Å²) in [5, 5.41) is 8.77. The molecule has 0 aliphatic rings. The van der Waals surface area contributed by atoms with Crippen molar-refractivity contribution in [1.29, 1.82) is 0 Å². The van der Waals surface area contributed by atoms with Crippen LogP contribution in [-0.2, 0) is 0 Å². The summed E-state index contributed by atoms with van der Waals surface area (Å²) in [7, 11) is 0. The summed E-state index contributed by atoms with van der Waals surface area (Å²) in [6.07, 6.45) is -7.40. The lowest BCUT2D eigenvalue weighted by atomic mass is 10.1. The van der Waals surface area contributed by atoms with Crippen LogP contribution in [0, 0.1) is 5.82 Å². The molecule has 0 heterocycles. The molecule has 7 heteroatoms. The molecular formula is C11H13F4NO2. The molecule has 1 rings (SSSR count). The number of benzene rings is 1. The summed E-state index contributed by atoms with van der Waals surface area (Å²) in [6.45, 7) is 0.576. The summed E-state index contributed by atoms with van der Waals surface area (Å²) >= 11 is 0. The van der Waals surface area contributed by atoms with Gasteiger partial charge in [-0.25, -0.2) is 4.39 Å². The quantitative estimate of drug-likeness (QED) is 0.822. The average Bonchev–Trinajstić information content (AvgIpc) is 2.24. The first-order chi connectivity index (χ1) is 8.21. The molecule has 0 saturated carbocycles. The molecule has 0 amide bonds. The second-order valence-corrected chi connectivity index (χ2v) is 3.84. The Kier molecular flexibility index (Phi) is 4.53. The zero-order valence-corrected chi connectivity index (χ0v) is 9.54. The van der Waals surface area contributed by atoms with Crippen LogP contribution in [-0.4, -0.2) is 24.0 Å². The van der Waals surface area contributed by atoms with E-state index in [-0.39, 0.29) is 5.75 Å². The lowest BCUT2D eigenvalue weighted by Gasteiger charge is -2.18. The number of rotatable bonds is 4. The number of ether oxygens (including phenoxy) is 1. The van der Waals surface area contributed by atoms with E-state index in [1.165, 1.54) is 6.07 Å². The van der Waals surface area contributed by atoms with Crippen LogP contribution in [0.3, 0.4) is 0 Å². The van der Waals surface area contributed by atoms with Gasteiger partial charge in [0, 0.05) is 17.7 Å². The standard InChI is InChI=1S/C11H13F4NO2/c1-6(16)8-3-2-7(12)4-9(8)18-5-10(17)11(13,14)15/h2-4,6,10,17H,5,16H2,1H3/t6-,10?/m1/s1. The second kappa shape index (κ2) is 5.53. The Morgan fingerprint density at radius 3 is 2.50 bits per heavy atom. The monoisotopic (exact) mass is 267 g/mol. The van der Waals surface area contributed by atoms with Gasteiger partial charge >= 0.3 is 6.18 Å². The molecular weight excluding hydrogens is 254 g/mol. The first kappa shape index (κ1) is 14.7. The van der Waals surface area contributed by atoms with E-state index in [1.54, 1.807) is 6.92 Å². The number of aliphatic hydroxyl groups excluding tert-OH is 1. The molecule has 3 nitrogen and oxygen atoms in total. The molecule has 0 aliphatic heterocycles. The summed E-state index contributed by atoms with van der Waals surface area (Å²) < 4.78 is 53.9. The smallest absolute Gasteiger partial charge is 0.417 e. The highest BCUT2D eigenvalue weighted by atomic mass is 19.4. The predicted molar refractivity (Wildman–Crippen MR) is 56.6 cm³/mol. The molecule has 102 valence electrons. The summed E-state index contributed by atoms with van der Waals surface area (Å²) in [5.41, 5.74) is 5.94. The van der Waals surface area contributed by atoms with Gasteiger partial charge in [0.2, 0.25) is 0 Å². The Balaban J connectivity index is 2.81. The third-order valence-electron chi connectivity index (χ3n) is 2.24. The molecule has 18 heavy (non-hydrogen) atoms. The van der Waals surface area contributed by atoms with E-state index in [2.05, 4.69) is 0 Å². The number of aliphatic hydroxyl groups is 1. The number of hydrogen-bond donors (Lipinski definition) is 2. The number of alkyl halides is 3. The van der Waals surface area contributed by atoms with Crippen molar-refractivity contribution in [3.05, 3.63) is 29.6 Å². The fourth-order valence-corrected chi connectivity index (χ4v) is 1.27. The van der Waals surface area contributed by atoms with Gasteiger partial charge in [-0.3, -0.25) is 0 Å². The van der Waals surface area contributed by atoms with Gasteiger partial charge in [0.05, 0.1) is 0 Å². The highest BCUT2D eigenvalue weighted by Gasteiger charge is 2.38. The maximum absolute atomic E-state index is 13.0. The van der Waals surface area contributed by atoms with E-state index >= 15 is 0 Å². The van der Waals surface area contributed by atoms with Gasteiger partial charge in [-0.05, 0) is 13.0 Å². The minimum Gasteiger partial charge on any atom is -0.490 e. The van der Waals surface area contributed by atoms with E-state index in [4.69, 9.17) is 15.6 Å². The molecule has 0 radical (unpaired) electrons. The van der Waals surface area contributed by atoms with E-state index in [9.17, 15) is 17.6 Å². The molecule has 1 unspecified atom stereocenters. The van der Waals surface area contributed by atoms with Crippen molar-refractivity contribution >= 4 is 0 Å². The minimum atomic E-state index is -4.78. The Labute approximate surface area is 101 Å².